The molecule has 0 aromatic carbocycles. The Morgan fingerprint density at radius 1 is 1.33 bits per heavy atom. The first-order chi connectivity index (χ1) is 7.28. The van der Waals surface area contributed by atoms with Gasteiger partial charge in [0.1, 0.15) is 11.6 Å². The lowest BCUT2D eigenvalue weighted by atomic mass is 10.1. The van der Waals surface area contributed by atoms with E-state index in [1.165, 1.54) is 19.3 Å². The molecule has 1 heterocycles. The first kappa shape index (κ1) is 10.2. The Labute approximate surface area is 90.2 Å². The summed E-state index contributed by atoms with van der Waals surface area (Å²) in [6, 6.07) is 6.34. The van der Waals surface area contributed by atoms with Gasteiger partial charge in [-0.1, -0.05) is 13.0 Å². The van der Waals surface area contributed by atoms with Gasteiger partial charge in [0.25, 0.3) is 0 Å². The molecule has 2 unspecified atom stereocenters. The average molecular weight is 206 g/mol. The van der Waals surface area contributed by atoms with Crippen molar-refractivity contribution < 1.29 is 0 Å². The van der Waals surface area contributed by atoms with Crippen LogP contribution in [0.15, 0.2) is 18.2 Å². The standard InChI is InChI=1S/C11H18N4/c1-8-5-6-9(7-8)13-10-3-2-4-11(14-10)15-12/h2-4,8-9H,5-7,12H2,1H3,(H2,13,14,15). The summed E-state index contributed by atoms with van der Waals surface area (Å²) in [5.41, 5.74) is 2.55. The Hall–Kier alpha value is -1.29. The number of nitrogens with zero attached hydrogens (tertiary/aromatic N) is 1. The molecule has 0 aliphatic heterocycles. The molecular weight excluding hydrogens is 188 g/mol. The van der Waals surface area contributed by atoms with E-state index in [0.717, 1.165) is 11.7 Å². The van der Waals surface area contributed by atoms with E-state index in [4.69, 9.17) is 5.84 Å². The number of hydrazine groups is 1. The fraction of sp³-hybridized carbons (Fsp3) is 0.545. The van der Waals surface area contributed by atoms with E-state index in [2.05, 4.69) is 22.7 Å². The first-order valence-corrected chi connectivity index (χ1v) is 5.48. The molecule has 4 heteroatoms. The average Bonchev–Trinajstić information content (AvgIpc) is 2.64. The summed E-state index contributed by atoms with van der Waals surface area (Å²) in [7, 11) is 0. The summed E-state index contributed by atoms with van der Waals surface area (Å²) in [5, 5.41) is 3.44. The Balaban J connectivity index is 1.98. The molecule has 1 saturated carbocycles. The highest BCUT2D eigenvalue weighted by Gasteiger charge is 2.21. The van der Waals surface area contributed by atoms with Crippen LogP contribution in [-0.4, -0.2) is 11.0 Å². The molecule has 2 atom stereocenters. The molecule has 0 radical (unpaired) electrons. The van der Waals surface area contributed by atoms with Gasteiger partial charge in [-0.25, -0.2) is 10.8 Å². The second-order valence-corrected chi connectivity index (χ2v) is 4.31. The minimum atomic E-state index is 0.570. The van der Waals surface area contributed by atoms with Gasteiger partial charge in [0.15, 0.2) is 0 Å². The maximum atomic E-state index is 5.31. The number of rotatable bonds is 3. The van der Waals surface area contributed by atoms with E-state index in [9.17, 15) is 0 Å². The van der Waals surface area contributed by atoms with Gasteiger partial charge in [-0.2, -0.15) is 0 Å². The summed E-state index contributed by atoms with van der Waals surface area (Å²) in [6.45, 7) is 2.30. The van der Waals surface area contributed by atoms with Crippen LogP contribution in [0.3, 0.4) is 0 Å². The minimum absolute atomic E-state index is 0.570. The molecular formula is C11H18N4. The van der Waals surface area contributed by atoms with Crippen LogP contribution in [0, 0.1) is 5.92 Å². The summed E-state index contributed by atoms with van der Waals surface area (Å²) >= 11 is 0. The zero-order chi connectivity index (χ0) is 10.7. The number of nitrogen functional groups attached to an aromatic ring is 1. The van der Waals surface area contributed by atoms with E-state index >= 15 is 0 Å². The third kappa shape index (κ3) is 2.59. The number of nitrogens with two attached hydrogens (primary N) is 1. The van der Waals surface area contributed by atoms with Crippen LogP contribution in [-0.2, 0) is 0 Å². The number of hydrogen-bond acceptors (Lipinski definition) is 4. The normalized spacial score (nSPS) is 25.2. The van der Waals surface area contributed by atoms with Crippen molar-refractivity contribution in [3.8, 4) is 0 Å². The molecule has 0 bridgehead atoms. The van der Waals surface area contributed by atoms with Crippen molar-refractivity contribution in [2.75, 3.05) is 10.7 Å². The van der Waals surface area contributed by atoms with Crippen LogP contribution < -0.4 is 16.6 Å². The molecule has 2 rings (SSSR count). The van der Waals surface area contributed by atoms with Crippen LogP contribution in [0.2, 0.25) is 0 Å². The highest BCUT2D eigenvalue weighted by molar-refractivity contribution is 5.44. The fourth-order valence-electron chi connectivity index (χ4n) is 2.14. The van der Waals surface area contributed by atoms with Crippen molar-refractivity contribution in [3.05, 3.63) is 18.2 Å². The van der Waals surface area contributed by atoms with E-state index in [1.807, 2.05) is 18.2 Å². The van der Waals surface area contributed by atoms with E-state index in [-0.39, 0.29) is 0 Å². The monoisotopic (exact) mass is 206 g/mol. The van der Waals surface area contributed by atoms with Gasteiger partial charge in [0.05, 0.1) is 0 Å². The first-order valence-electron chi connectivity index (χ1n) is 5.48. The van der Waals surface area contributed by atoms with Crippen molar-refractivity contribution in [2.24, 2.45) is 11.8 Å². The maximum absolute atomic E-state index is 5.31. The Morgan fingerprint density at radius 3 is 2.80 bits per heavy atom. The van der Waals surface area contributed by atoms with Crippen molar-refractivity contribution >= 4 is 11.6 Å². The number of nitrogens with one attached hydrogen (secondary N) is 2. The molecule has 15 heavy (non-hydrogen) atoms. The van der Waals surface area contributed by atoms with Gasteiger partial charge in [0.2, 0.25) is 0 Å². The molecule has 0 amide bonds. The lowest BCUT2D eigenvalue weighted by molar-refractivity contribution is 0.602. The van der Waals surface area contributed by atoms with Gasteiger partial charge in [-0.05, 0) is 37.3 Å². The Morgan fingerprint density at radius 2 is 2.13 bits per heavy atom. The predicted molar refractivity (Wildman–Crippen MR) is 62.5 cm³/mol. The number of hydrogen-bond donors (Lipinski definition) is 3. The minimum Gasteiger partial charge on any atom is -0.367 e. The van der Waals surface area contributed by atoms with Crippen LogP contribution in [0.1, 0.15) is 26.2 Å². The number of pyridine rings is 1. The SMILES string of the molecule is CC1CCC(Nc2cccc(NN)n2)C1. The third-order valence-electron chi connectivity index (χ3n) is 2.94. The number of anilines is 2. The number of aromatic nitrogens is 1. The molecule has 0 spiro atoms. The second-order valence-electron chi connectivity index (χ2n) is 4.31. The van der Waals surface area contributed by atoms with Gasteiger partial charge in [-0.3, -0.25) is 0 Å². The zero-order valence-corrected chi connectivity index (χ0v) is 9.03. The van der Waals surface area contributed by atoms with Crippen molar-refractivity contribution in [3.63, 3.8) is 0 Å². The lowest BCUT2D eigenvalue weighted by Crippen LogP contribution is -2.17. The van der Waals surface area contributed by atoms with Crippen LogP contribution in [0.4, 0.5) is 11.6 Å². The molecule has 0 saturated heterocycles. The molecule has 82 valence electrons. The largest absolute Gasteiger partial charge is 0.367 e. The van der Waals surface area contributed by atoms with Gasteiger partial charge in [0, 0.05) is 6.04 Å². The molecule has 4 nitrogen and oxygen atoms in total. The topological polar surface area (TPSA) is 63.0 Å². The molecule has 1 aromatic rings. The van der Waals surface area contributed by atoms with Crippen molar-refractivity contribution in [1.82, 2.24) is 4.98 Å². The molecule has 1 aromatic heterocycles. The van der Waals surface area contributed by atoms with Crippen LogP contribution in [0.5, 0.6) is 0 Å². The second kappa shape index (κ2) is 4.49. The molecule has 4 N–H and O–H groups in total. The van der Waals surface area contributed by atoms with Gasteiger partial charge < -0.3 is 10.7 Å². The van der Waals surface area contributed by atoms with Crippen molar-refractivity contribution in [2.45, 2.75) is 32.2 Å². The molecule has 1 fully saturated rings. The quantitative estimate of drug-likeness (QED) is 0.522. The highest BCUT2D eigenvalue weighted by Crippen LogP contribution is 2.27. The maximum Gasteiger partial charge on any atom is 0.142 e. The zero-order valence-electron chi connectivity index (χ0n) is 9.03. The molecule has 1 aliphatic carbocycles. The Bertz CT molecular complexity index is 326. The summed E-state index contributed by atoms with van der Waals surface area (Å²) < 4.78 is 0. The fourth-order valence-corrected chi connectivity index (χ4v) is 2.14. The third-order valence-corrected chi connectivity index (χ3v) is 2.94. The summed E-state index contributed by atoms with van der Waals surface area (Å²) in [5.74, 6) is 7.75. The van der Waals surface area contributed by atoms with Crippen molar-refractivity contribution in [1.29, 1.82) is 0 Å². The van der Waals surface area contributed by atoms with E-state index in [0.29, 0.717) is 11.9 Å². The summed E-state index contributed by atoms with van der Waals surface area (Å²) in [6.07, 6.45) is 3.79. The van der Waals surface area contributed by atoms with Gasteiger partial charge in [-0.15, -0.1) is 0 Å². The predicted octanol–water partition coefficient (Wildman–Crippen LogP) is 1.97. The van der Waals surface area contributed by atoms with E-state index < -0.39 is 0 Å². The summed E-state index contributed by atoms with van der Waals surface area (Å²) in [4.78, 5) is 4.33. The Kier molecular flexibility index (Phi) is 3.06. The lowest BCUT2D eigenvalue weighted by Gasteiger charge is -2.13. The smallest absolute Gasteiger partial charge is 0.142 e. The van der Waals surface area contributed by atoms with Crippen LogP contribution in [0.25, 0.3) is 0 Å². The molecule has 1 aliphatic rings. The highest BCUT2D eigenvalue weighted by atomic mass is 15.3. The van der Waals surface area contributed by atoms with Gasteiger partial charge >= 0.3 is 0 Å². The van der Waals surface area contributed by atoms with E-state index in [1.54, 1.807) is 0 Å². The van der Waals surface area contributed by atoms with Crippen LogP contribution >= 0.6 is 0 Å².